The van der Waals surface area contributed by atoms with E-state index < -0.39 is 6.10 Å². The summed E-state index contributed by atoms with van der Waals surface area (Å²) in [6.45, 7) is 0. The van der Waals surface area contributed by atoms with Crippen LogP contribution in [0.5, 0.6) is 5.75 Å². The molecule has 1 unspecified atom stereocenters. The van der Waals surface area contributed by atoms with Gasteiger partial charge in [-0.3, -0.25) is 4.79 Å². The summed E-state index contributed by atoms with van der Waals surface area (Å²) in [5.41, 5.74) is 5.89. The summed E-state index contributed by atoms with van der Waals surface area (Å²) in [7, 11) is 0. The van der Waals surface area contributed by atoms with E-state index in [0.717, 1.165) is 25.7 Å². The molecule has 18 heavy (non-hydrogen) atoms. The van der Waals surface area contributed by atoms with Gasteiger partial charge in [0.1, 0.15) is 0 Å². The number of hydrogen-bond donors (Lipinski definition) is 2. The first-order valence-corrected chi connectivity index (χ1v) is 6.42. The maximum atomic E-state index is 12.0. The van der Waals surface area contributed by atoms with Crippen molar-refractivity contribution in [1.29, 1.82) is 0 Å². The summed E-state index contributed by atoms with van der Waals surface area (Å²) in [5, 5.41) is 2.81. The van der Waals surface area contributed by atoms with E-state index in [2.05, 4.69) is 10.3 Å². The number of aromatic nitrogens is 1. The second-order valence-electron chi connectivity index (χ2n) is 5.05. The fourth-order valence-electron chi connectivity index (χ4n) is 2.72. The average molecular weight is 247 g/mol. The van der Waals surface area contributed by atoms with E-state index in [0.29, 0.717) is 11.6 Å². The van der Waals surface area contributed by atoms with Crippen LogP contribution in [0.2, 0.25) is 0 Å². The number of amides is 1. The van der Waals surface area contributed by atoms with Gasteiger partial charge < -0.3 is 15.8 Å². The number of carbonyl (C=O) groups is 1. The molecule has 5 nitrogen and oxygen atoms in total. The zero-order valence-corrected chi connectivity index (χ0v) is 10.1. The van der Waals surface area contributed by atoms with Gasteiger partial charge in [-0.15, -0.1) is 0 Å². The molecule has 1 amide bonds. The molecule has 2 aliphatic rings. The summed E-state index contributed by atoms with van der Waals surface area (Å²) in [5.74, 6) is 1.36. The van der Waals surface area contributed by atoms with Gasteiger partial charge in [-0.2, -0.15) is 0 Å². The van der Waals surface area contributed by atoms with Gasteiger partial charge in [0.15, 0.2) is 17.7 Å². The van der Waals surface area contributed by atoms with Crippen LogP contribution in [0.25, 0.3) is 0 Å². The Hall–Kier alpha value is -1.62. The Balaban J connectivity index is 1.76. The smallest absolute Gasteiger partial charge is 0.266 e. The number of ether oxygens (including phenoxy) is 1. The summed E-state index contributed by atoms with van der Waals surface area (Å²) < 4.78 is 5.80. The van der Waals surface area contributed by atoms with Crippen molar-refractivity contribution in [2.24, 2.45) is 11.7 Å². The van der Waals surface area contributed by atoms with Gasteiger partial charge in [0.2, 0.25) is 0 Å². The van der Waals surface area contributed by atoms with Crippen molar-refractivity contribution in [3.8, 4) is 5.75 Å². The first-order chi connectivity index (χ1) is 8.74. The first-order valence-electron chi connectivity index (χ1n) is 6.42. The highest BCUT2D eigenvalue weighted by molar-refractivity contribution is 5.96. The molecular weight excluding hydrogens is 230 g/mol. The number of pyridine rings is 1. The maximum Gasteiger partial charge on any atom is 0.266 e. The highest BCUT2D eigenvalue weighted by Gasteiger charge is 2.36. The van der Waals surface area contributed by atoms with Crippen LogP contribution >= 0.6 is 0 Å². The number of nitrogens with two attached hydrogens (primary N) is 1. The predicted molar refractivity (Wildman–Crippen MR) is 67.2 cm³/mol. The molecule has 1 saturated carbocycles. The van der Waals surface area contributed by atoms with Gasteiger partial charge in [0, 0.05) is 18.2 Å². The van der Waals surface area contributed by atoms with Crippen molar-refractivity contribution in [2.75, 3.05) is 5.32 Å². The topological polar surface area (TPSA) is 77.2 Å². The second kappa shape index (κ2) is 4.57. The van der Waals surface area contributed by atoms with E-state index >= 15 is 0 Å². The zero-order chi connectivity index (χ0) is 12.5. The Bertz CT molecular complexity index is 455. The van der Waals surface area contributed by atoms with E-state index in [-0.39, 0.29) is 17.9 Å². The minimum Gasteiger partial charge on any atom is -0.476 e. The standard InChI is InChI=1S/C13H17N3O2/c14-9-5-3-8(4-6-9)11-13(17)16-12-10(18-11)2-1-7-15-12/h1-2,7-9,11H,3-6,14H2,(H,15,16,17). The van der Waals surface area contributed by atoms with Crippen molar-refractivity contribution in [1.82, 2.24) is 4.98 Å². The first kappa shape index (κ1) is 11.5. The average Bonchev–Trinajstić information content (AvgIpc) is 2.39. The molecule has 1 aromatic heterocycles. The zero-order valence-electron chi connectivity index (χ0n) is 10.1. The molecule has 0 saturated heterocycles. The normalized spacial score (nSPS) is 31.2. The van der Waals surface area contributed by atoms with E-state index in [1.165, 1.54) is 0 Å². The molecule has 1 atom stereocenters. The molecule has 1 aliphatic heterocycles. The van der Waals surface area contributed by atoms with Crippen LogP contribution in [0.15, 0.2) is 18.3 Å². The van der Waals surface area contributed by atoms with Gasteiger partial charge in [0.25, 0.3) is 5.91 Å². The van der Waals surface area contributed by atoms with Crippen LogP contribution in [-0.4, -0.2) is 23.0 Å². The Morgan fingerprint density at radius 2 is 2.11 bits per heavy atom. The Labute approximate surface area is 106 Å². The molecule has 0 radical (unpaired) electrons. The molecule has 2 heterocycles. The largest absolute Gasteiger partial charge is 0.476 e. The van der Waals surface area contributed by atoms with Crippen molar-refractivity contribution in [3.63, 3.8) is 0 Å². The van der Waals surface area contributed by atoms with E-state index in [1.807, 2.05) is 12.1 Å². The molecule has 0 bridgehead atoms. The molecule has 5 heteroatoms. The van der Waals surface area contributed by atoms with Crippen LogP contribution in [0.4, 0.5) is 5.82 Å². The SMILES string of the molecule is NC1CCC(C2Oc3cccnc3NC2=O)CC1. The quantitative estimate of drug-likeness (QED) is 0.784. The van der Waals surface area contributed by atoms with Crippen LogP contribution in [-0.2, 0) is 4.79 Å². The lowest BCUT2D eigenvalue weighted by Gasteiger charge is -2.34. The molecule has 1 aromatic rings. The van der Waals surface area contributed by atoms with Gasteiger partial charge in [-0.1, -0.05) is 0 Å². The molecule has 1 aliphatic carbocycles. The van der Waals surface area contributed by atoms with Gasteiger partial charge in [-0.25, -0.2) is 4.98 Å². The van der Waals surface area contributed by atoms with Crippen LogP contribution < -0.4 is 15.8 Å². The van der Waals surface area contributed by atoms with Crippen LogP contribution in [0, 0.1) is 5.92 Å². The number of rotatable bonds is 1. The minimum absolute atomic E-state index is 0.0818. The van der Waals surface area contributed by atoms with Crippen LogP contribution in [0.3, 0.4) is 0 Å². The van der Waals surface area contributed by atoms with Gasteiger partial charge in [0.05, 0.1) is 0 Å². The number of fused-ring (bicyclic) bond motifs is 1. The third kappa shape index (κ3) is 2.06. The van der Waals surface area contributed by atoms with Gasteiger partial charge in [-0.05, 0) is 37.8 Å². The minimum atomic E-state index is -0.394. The Morgan fingerprint density at radius 1 is 1.33 bits per heavy atom. The molecule has 0 aromatic carbocycles. The van der Waals surface area contributed by atoms with Crippen molar-refractivity contribution in [3.05, 3.63) is 18.3 Å². The third-order valence-electron chi connectivity index (χ3n) is 3.77. The van der Waals surface area contributed by atoms with Crippen molar-refractivity contribution < 1.29 is 9.53 Å². The Kier molecular flexibility index (Phi) is 2.91. The third-order valence-corrected chi connectivity index (χ3v) is 3.77. The lowest BCUT2D eigenvalue weighted by atomic mass is 9.82. The summed E-state index contributed by atoms with van der Waals surface area (Å²) in [6.07, 6.45) is 5.09. The molecule has 3 N–H and O–H groups in total. The molecular formula is C13H17N3O2. The monoisotopic (exact) mass is 247 g/mol. The fourth-order valence-corrected chi connectivity index (χ4v) is 2.72. The summed E-state index contributed by atoms with van der Waals surface area (Å²) in [6, 6.07) is 3.93. The molecule has 3 rings (SSSR count). The number of nitrogens with one attached hydrogen (secondary N) is 1. The molecule has 0 spiro atoms. The highest BCUT2D eigenvalue weighted by Crippen LogP contribution is 2.34. The van der Waals surface area contributed by atoms with Gasteiger partial charge >= 0.3 is 0 Å². The van der Waals surface area contributed by atoms with Crippen LogP contribution in [0.1, 0.15) is 25.7 Å². The Morgan fingerprint density at radius 3 is 2.89 bits per heavy atom. The number of nitrogens with zero attached hydrogens (tertiary/aromatic N) is 1. The lowest BCUT2D eigenvalue weighted by molar-refractivity contribution is -0.126. The number of carbonyl (C=O) groups excluding carboxylic acids is 1. The van der Waals surface area contributed by atoms with E-state index in [1.54, 1.807) is 6.20 Å². The second-order valence-corrected chi connectivity index (χ2v) is 5.05. The molecule has 1 fully saturated rings. The van der Waals surface area contributed by atoms with Crippen molar-refractivity contribution >= 4 is 11.7 Å². The van der Waals surface area contributed by atoms with E-state index in [9.17, 15) is 4.79 Å². The number of anilines is 1. The summed E-state index contributed by atoms with van der Waals surface area (Å²) >= 11 is 0. The lowest BCUT2D eigenvalue weighted by Crippen LogP contribution is -2.45. The van der Waals surface area contributed by atoms with E-state index in [4.69, 9.17) is 10.5 Å². The molecule has 96 valence electrons. The highest BCUT2D eigenvalue weighted by atomic mass is 16.5. The van der Waals surface area contributed by atoms with Crippen molar-refractivity contribution in [2.45, 2.75) is 37.8 Å². The fraction of sp³-hybridized carbons (Fsp3) is 0.538. The summed E-state index contributed by atoms with van der Waals surface area (Å²) in [4.78, 5) is 16.1. The maximum absolute atomic E-state index is 12.0. The predicted octanol–water partition coefficient (Wildman–Crippen LogP) is 1.30. The number of hydrogen-bond acceptors (Lipinski definition) is 4.